The number of rotatable bonds is 4. The number of nitrogens with one attached hydrogen (secondary N) is 2. The summed E-state index contributed by atoms with van der Waals surface area (Å²) in [5.41, 5.74) is 0.415. The first-order chi connectivity index (χ1) is 12.0. The molecule has 0 saturated carbocycles. The predicted molar refractivity (Wildman–Crippen MR) is 93.3 cm³/mol. The molecule has 3 rings (SSSR count). The van der Waals surface area contributed by atoms with Crippen molar-refractivity contribution in [2.24, 2.45) is 0 Å². The van der Waals surface area contributed by atoms with Gasteiger partial charge in [0.25, 0.3) is 5.91 Å². The minimum absolute atomic E-state index is 0.166. The van der Waals surface area contributed by atoms with E-state index >= 15 is 0 Å². The van der Waals surface area contributed by atoms with Crippen LogP contribution in [-0.4, -0.2) is 10.9 Å². The Bertz CT molecular complexity index is 896. The largest absolute Gasteiger partial charge is 0.340 e. The molecule has 3 aromatic rings. The van der Waals surface area contributed by atoms with Crippen molar-refractivity contribution >= 4 is 34.7 Å². The third kappa shape index (κ3) is 4.10. The van der Waals surface area contributed by atoms with Crippen LogP contribution in [0.25, 0.3) is 0 Å². The Morgan fingerprint density at radius 3 is 2.36 bits per heavy atom. The van der Waals surface area contributed by atoms with Crippen molar-refractivity contribution in [3.05, 3.63) is 83.0 Å². The maximum absolute atomic E-state index is 13.6. The highest BCUT2D eigenvalue weighted by molar-refractivity contribution is 6.30. The maximum Gasteiger partial charge on any atom is 0.257 e. The van der Waals surface area contributed by atoms with Gasteiger partial charge < -0.3 is 10.6 Å². The summed E-state index contributed by atoms with van der Waals surface area (Å²) in [6, 6.07) is 13.5. The number of nitrogens with zero attached hydrogens (tertiary/aromatic N) is 1. The summed E-state index contributed by atoms with van der Waals surface area (Å²) < 4.78 is 27.1. The van der Waals surface area contributed by atoms with Gasteiger partial charge in [0.15, 0.2) is 0 Å². The van der Waals surface area contributed by atoms with E-state index in [1.165, 1.54) is 18.3 Å². The van der Waals surface area contributed by atoms with Crippen LogP contribution in [0.1, 0.15) is 10.4 Å². The Balaban J connectivity index is 1.72. The number of hydrogen-bond acceptors (Lipinski definition) is 3. The first-order valence-electron chi connectivity index (χ1n) is 7.27. The van der Waals surface area contributed by atoms with Gasteiger partial charge in [0.2, 0.25) is 0 Å². The standard InChI is InChI=1S/C18H12ClF2N3O/c19-12-3-1-4-13(9-12)23-16-8-7-11(10-22-16)18(25)24-17-14(20)5-2-6-15(17)21/h1-10H,(H,22,23)(H,24,25). The van der Waals surface area contributed by atoms with Gasteiger partial charge in [-0.25, -0.2) is 13.8 Å². The van der Waals surface area contributed by atoms with Crippen molar-refractivity contribution in [3.63, 3.8) is 0 Å². The van der Waals surface area contributed by atoms with Gasteiger partial charge >= 0.3 is 0 Å². The summed E-state index contributed by atoms with van der Waals surface area (Å²) in [6.07, 6.45) is 1.31. The van der Waals surface area contributed by atoms with Crippen molar-refractivity contribution in [2.75, 3.05) is 10.6 Å². The SMILES string of the molecule is O=C(Nc1c(F)cccc1F)c1ccc(Nc2cccc(Cl)c2)nc1. The molecule has 2 aromatic carbocycles. The second-order valence-corrected chi connectivity index (χ2v) is 5.55. The summed E-state index contributed by atoms with van der Waals surface area (Å²) in [5, 5.41) is 5.81. The zero-order valence-electron chi connectivity index (χ0n) is 12.8. The number of pyridine rings is 1. The number of para-hydroxylation sites is 1. The number of hydrogen-bond donors (Lipinski definition) is 2. The van der Waals surface area contributed by atoms with Gasteiger partial charge in [-0.1, -0.05) is 23.7 Å². The lowest BCUT2D eigenvalue weighted by molar-refractivity contribution is 0.102. The molecule has 0 aliphatic carbocycles. The smallest absolute Gasteiger partial charge is 0.257 e. The normalized spacial score (nSPS) is 10.4. The van der Waals surface area contributed by atoms with Gasteiger partial charge in [0.05, 0.1) is 5.56 Å². The lowest BCUT2D eigenvalue weighted by atomic mass is 10.2. The molecule has 126 valence electrons. The predicted octanol–water partition coefficient (Wildman–Crippen LogP) is 5.01. The number of anilines is 3. The Hall–Kier alpha value is -2.99. The average molecular weight is 360 g/mol. The number of carbonyl (C=O) groups excluding carboxylic acids is 1. The highest BCUT2D eigenvalue weighted by Crippen LogP contribution is 2.21. The number of carbonyl (C=O) groups is 1. The minimum Gasteiger partial charge on any atom is -0.340 e. The number of amides is 1. The topological polar surface area (TPSA) is 54.0 Å². The molecule has 1 amide bonds. The first-order valence-corrected chi connectivity index (χ1v) is 7.65. The molecule has 0 radical (unpaired) electrons. The van der Waals surface area contributed by atoms with Crippen molar-refractivity contribution in [3.8, 4) is 0 Å². The van der Waals surface area contributed by atoms with E-state index in [1.807, 2.05) is 6.07 Å². The van der Waals surface area contributed by atoms with Crippen molar-refractivity contribution in [1.29, 1.82) is 0 Å². The van der Waals surface area contributed by atoms with Crippen LogP contribution in [0.3, 0.4) is 0 Å². The number of aromatic nitrogens is 1. The molecular formula is C18H12ClF2N3O. The van der Waals surface area contributed by atoms with E-state index in [2.05, 4.69) is 15.6 Å². The van der Waals surface area contributed by atoms with Gasteiger partial charge in [-0.15, -0.1) is 0 Å². The third-order valence-electron chi connectivity index (χ3n) is 3.32. The zero-order chi connectivity index (χ0) is 17.8. The molecule has 7 heteroatoms. The van der Waals surface area contributed by atoms with E-state index in [0.717, 1.165) is 17.8 Å². The molecule has 0 bridgehead atoms. The van der Waals surface area contributed by atoms with E-state index < -0.39 is 23.2 Å². The fourth-order valence-electron chi connectivity index (χ4n) is 2.12. The Labute approximate surface area is 147 Å². The van der Waals surface area contributed by atoms with Crippen LogP contribution in [0.5, 0.6) is 0 Å². The van der Waals surface area contributed by atoms with E-state index in [1.54, 1.807) is 24.3 Å². The molecular weight excluding hydrogens is 348 g/mol. The van der Waals surface area contributed by atoms with Crippen LogP contribution in [0.2, 0.25) is 5.02 Å². The van der Waals surface area contributed by atoms with Crippen LogP contribution in [0.4, 0.5) is 26.0 Å². The van der Waals surface area contributed by atoms with Gasteiger partial charge in [0.1, 0.15) is 23.1 Å². The molecule has 0 saturated heterocycles. The Kier molecular flexibility index (Phi) is 4.90. The summed E-state index contributed by atoms with van der Waals surface area (Å²) in [7, 11) is 0. The number of benzene rings is 2. The molecule has 0 atom stereocenters. The van der Waals surface area contributed by atoms with E-state index in [-0.39, 0.29) is 5.56 Å². The van der Waals surface area contributed by atoms with Crippen LogP contribution in [-0.2, 0) is 0 Å². The van der Waals surface area contributed by atoms with E-state index in [0.29, 0.717) is 10.8 Å². The fourth-order valence-corrected chi connectivity index (χ4v) is 2.31. The zero-order valence-corrected chi connectivity index (χ0v) is 13.5. The summed E-state index contributed by atoms with van der Waals surface area (Å²) in [4.78, 5) is 16.2. The molecule has 1 heterocycles. The van der Waals surface area contributed by atoms with Crippen LogP contribution in [0, 0.1) is 11.6 Å². The van der Waals surface area contributed by atoms with Gasteiger partial charge in [-0.05, 0) is 42.5 Å². The Morgan fingerprint density at radius 2 is 1.72 bits per heavy atom. The molecule has 1 aromatic heterocycles. The van der Waals surface area contributed by atoms with E-state index in [4.69, 9.17) is 11.6 Å². The van der Waals surface area contributed by atoms with Crippen LogP contribution < -0.4 is 10.6 Å². The molecule has 0 aliphatic rings. The van der Waals surface area contributed by atoms with Crippen LogP contribution in [0.15, 0.2) is 60.8 Å². The van der Waals surface area contributed by atoms with Gasteiger partial charge in [-0.3, -0.25) is 4.79 Å². The molecule has 0 unspecified atom stereocenters. The lowest BCUT2D eigenvalue weighted by Gasteiger charge is -2.09. The monoisotopic (exact) mass is 359 g/mol. The number of halogens is 3. The molecule has 25 heavy (non-hydrogen) atoms. The quantitative estimate of drug-likeness (QED) is 0.688. The van der Waals surface area contributed by atoms with Crippen molar-refractivity contribution < 1.29 is 13.6 Å². The Morgan fingerprint density at radius 1 is 1.00 bits per heavy atom. The third-order valence-corrected chi connectivity index (χ3v) is 3.56. The van der Waals surface area contributed by atoms with Crippen LogP contribution >= 0.6 is 11.6 Å². The van der Waals surface area contributed by atoms with Crippen molar-refractivity contribution in [2.45, 2.75) is 0 Å². The molecule has 0 spiro atoms. The lowest BCUT2D eigenvalue weighted by Crippen LogP contribution is -2.14. The highest BCUT2D eigenvalue weighted by atomic mass is 35.5. The second kappa shape index (κ2) is 7.27. The molecule has 0 fully saturated rings. The molecule has 2 N–H and O–H groups in total. The highest BCUT2D eigenvalue weighted by Gasteiger charge is 2.13. The maximum atomic E-state index is 13.6. The molecule has 4 nitrogen and oxygen atoms in total. The summed E-state index contributed by atoms with van der Waals surface area (Å²) >= 11 is 5.91. The van der Waals surface area contributed by atoms with Gasteiger partial charge in [-0.2, -0.15) is 0 Å². The fraction of sp³-hybridized carbons (Fsp3) is 0. The van der Waals surface area contributed by atoms with Crippen molar-refractivity contribution in [1.82, 2.24) is 4.98 Å². The molecule has 0 aliphatic heterocycles. The summed E-state index contributed by atoms with van der Waals surface area (Å²) in [6.45, 7) is 0. The van der Waals surface area contributed by atoms with Gasteiger partial charge in [0, 0.05) is 16.9 Å². The van der Waals surface area contributed by atoms with E-state index in [9.17, 15) is 13.6 Å². The average Bonchev–Trinajstić information content (AvgIpc) is 2.59. The second-order valence-electron chi connectivity index (χ2n) is 5.12. The first kappa shape index (κ1) is 16.9. The minimum atomic E-state index is -0.847. The summed E-state index contributed by atoms with van der Waals surface area (Å²) in [5.74, 6) is -1.86.